The van der Waals surface area contributed by atoms with E-state index in [0.29, 0.717) is 25.7 Å². The fourth-order valence-corrected chi connectivity index (χ4v) is 1.74. The number of carbonyl (C=O) groups is 2. The predicted molar refractivity (Wildman–Crippen MR) is 72.3 cm³/mol. The van der Waals surface area contributed by atoms with Crippen LogP contribution in [-0.4, -0.2) is 18.0 Å². The van der Waals surface area contributed by atoms with Gasteiger partial charge in [-0.2, -0.15) is 0 Å². The number of benzene rings is 1. The van der Waals surface area contributed by atoms with Gasteiger partial charge in [-0.1, -0.05) is 43.2 Å². The van der Waals surface area contributed by atoms with E-state index < -0.39 is 12.0 Å². The summed E-state index contributed by atoms with van der Waals surface area (Å²) in [4.78, 5) is 21.9. The first-order valence-corrected chi connectivity index (χ1v) is 6.75. The molecule has 0 saturated carbocycles. The van der Waals surface area contributed by atoms with E-state index in [1.54, 1.807) is 0 Å². The molecule has 2 N–H and O–H groups in total. The molecule has 1 aromatic rings. The third-order valence-electron chi connectivity index (χ3n) is 2.94. The quantitative estimate of drug-likeness (QED) is 0.531. The minimum atomic E-state index is -1.23. The Morgan fingerprint density at radius 1 is 1.15 bits per heavy atom. The van der Waals surface area contributed by atoms with Crippen LogP contribution in [0.3, 0.4) is 0 Å². The molecule has 0 aliphatic heterocycles. The Morgan fingerprint density at radius 3 is 2.50 bits per heavy atom. The van der Waals surface area contributed by atoms with Gasteiger partial charge in [-0.05, 0) is 18.4 Å². The molecule has 0 aliphatic carbocycles. The van der Waals surface area contributed by atoms with Crippen LogP contribution in [0.4, 0.5) is 0 Å². The van der Waals surface area contributed by atoms with Gasteiger partial charge in [0.05, 0.1) is 5.97 Å². The molecule has 1 rings (SSSR count). The molecule has 1 aromatic carbocycles. The third-order valence-corrected chi connectivity index (χ3v) is 2.94. The molecule has 5 heteroatoms. The fraction of sp³-hybridized carbons (Fsp3) is 0.467. The number of carboxylic acids is 1. The van der Waals surface area contributed by atoms with Crippen LogP contribution in [0.2, 0.25) is 0 Å². The van der Waals surface area contributed by atoms with Crippen LogP contribution in [0.25, 0.3) is 0 Å². The number of hydrogen-bond donors (Lipinski definition) is 1. The second kappa shape index (κ2) is 9.09. The maximum atomic E-state index is 11.5. The molecule has 0 spiro atoms. The molecule has 0 bridgehead atoms. The van der Waals surface area contributed by atoms with E-state index in [-0.39, 0.29) is 12.6 Å². The lowest BCUT2D eigenvalue weighted by atomic mass is 10.1. The largest absolute Gasteiger partial charge is 0.548 e. The highest BCUT2D eigenvalue weighted by molar-refractivity contribution is 5.70. The van der Waals surface area contributed by atoms with E-state index in [2.05, 4.69) is 0 Å². The van der Waals surface area contributed by atoms with Crippen molar-refractivity contribution in [1.82, 2.24) is 0 Å². The standard InChI is InChI=1S/C15H21NO4/c16-13(15(18)19)9-5-2-6-10-14(17)20-11-12-7-3-1-4-8-12/h1,3-4,7-8,13H,2,5-6,9-11,16H2,(H,18,19)/p-1/t13-/m0/s1. The fourth-order valence-electron chi connectivity index (χ4n) is 1.74. The van der Waals surface area contributed by atoms with Crippen LogP contribution < -0.4 is 10.8 Å². The minimum absolute atomic E-state index is 0.238. The Morgan fingerprint density at radius 2 is 1.85 bits per heavy atom. The molecule has 0 unspecified atom stereocenters. The van der Waals surface area contributed by atoms with Gasteiger partial charge in [0, 0.05) is 12.5 Å². The van der Waals surface area contributed by atoms with E-state index in [4.69, 9.17) is 10.5 Å². The highest BCUT2D eigenvalue weighted by Crippen LogP contribution is 2.07. The lowest BCUT2D eigenvalue weighted by Gasteiger charge is -2.11. The van der Waals surface area contributed by atoms with Crippen LogP contribution >= 0.6 is 0 Å². The molecule has 5 nitrogen and oxygen atoms in total. The number of unbranched alkanes of at least 4 members (excludes halogenated alkanes) is 2. The zero-order valence-electron chi connectivity index (χ0n) is 11.4. The maximum Gasteiger partial charge on any atom is 0.306 e. The van der Waals surface area contributed by atoms with Crippen LogP contribution in [0, 0.1) is 0 Å². The summed E-state index contributed by atoms with van der Waals surface area (Å²) in [5, 5.41) is 10.4. The van der Waals surface area contributed by atoms with Crippen LogP contribution in [-0.2, 0) is 20.9 Å². The van der Waals surface area contributed by atoms with Gasteiger partial charge in [0.2, 0.25) is 0 Å². The Balaban J connectivity index is 2.05. The molecule has 0 amide bonds. The van der Waals surface area contributed by atoms with Crippen molar-refractivity contribution < 1.29 is 19.4 Å². The molecule has 0 saturated heterocycles. The summed E-state index contributed by atoms with van der Waals surface area (Å²) in [6.07, 6.45) is 2.81. The summed E-state index contributed by atoms with van der Waals surface area (Å²) in [5.41, 5.74) is 6.28. The first kappa shape index (κ1) is 16.2. The number of aliphatic carboxylic acids is 1. The molecule has 0 fully saturated rings. The number of esters is 1. The zero-order chi connectivity index (χ0) is 14.8. The van der Waals surface area contributed by atoms with E-state index in [1.807, 2.05) is 30.3 Å². The summed E-state index contributed by atoms with van der Waals surface area (Å²) >= 11 is 0. The number of carboxylic acid groups (broad SMARTS) is 1. The molecule has 110 valence electrons. The van der Waals surface area contributed by atoms with Gasteiger partial charge in [-0.15, -0.1) is 0 Å². The Hall–Kier alpha value is -1.88. The number of rotatable bonds is 9. The van der Waals surface area contributed by atoms with Crippen LogP contribution in [0.15, 0.2) is 30.3 Å². The van der Waals surface area contributed by atoms with Crippen LogP contribution in [0.1, 0.15) is 37.7 Å². The maximum absolute atomic E-state index is 11.5. The molecular formula is C15H20NO4-. The van der Waals surface area contributed by atoms with Gasteiger partial charge >= 0.3 is 5.97 Å². The Labute approximate surface area is 118 Å². The molecule has 0 heterocycles. The summed E-state index contributed by atoms with van der Waals surface area (Å²) in [5.74, 6) is -1.47. The van der Waals surface area contributed by atoms with Gasteiger partial charge in [0.25, 0.3) is 0 Å². The summed E-state index contributed by atoms with van der Waals surface area (Å²) in [7, 11) is 0. The van der Waals surface area contributed by atoms with Crippen molar-refractivity contribution in [2.45, 2.75) is 44.8 Å². The van der Waals surface area contributed by atoms with Crippen molar-refractivity contribution in [3.63, 3.8) is 0 Å². The average molecular weight is 278 g/mol. The van der Waals surface area contributed by atoms with E-state index in [0.717, 1.165) is 12.0 Å². The first-order valence-electron chi connectivity index (χ1n) is 6.75. The monoisotopic (exact) mass is 278 g/mol. The Bertz CT molecular complexity index is 419. The smallest absolute Gasteiger partial charge is 0.306 e. The van der Waals surface area contributed by atoms with Crippen molar-refractivity contribution in [3.05, 3.63) is 35.9 Å². The van der Waals surface area contributed by atoms with E-state index >= 15 is 0 Å². The average Bonchev–Trinajstić information content (AvgIpc) is 2.45. The van der Waals surface area contributed by atoms with Crippen molar-refractivity contribution in [3.8, 4) is 0 Å². The predicted octanol–water partition coefficient (Wildman–Crippen LogP) is 0.757. The van der Waals surface area contributed by atoms with Crippen molar-refractivity contribution >= 4 is 11.9 Å². The lowest BCUT2D eigenvalue weighted by Crippen LogP contribution is -2.41. The Kier molecular flexibility index (Phi) is 7.35. The van der Waals surface area contributed by atoms with Crippen molar-refractivity contribution in [2.75, 3.05) is 0 Å². The second-order valence-electron chi connectivity index (χ2n) is 4.67. The zero-order valence-corrected chi connectivity index (χ0v) is 11.4. The van der Waals surface area contributed by atoms with Crippen molar-refractivity contribution in [2.24, 2.45) is 5.73 Å². The number of carbonyl (C=O) groups excluding carboxylic acids is 2. The molecule has 0 aromatic heterocycles. The lowest BCUT2D eigenvalue weighted by molar-refractivity contribution is -0.307. The molecule has 0 radical (unpaired) electrons. The number of hydrogen-bond acceptors (Lipinski definition) is 5. The highest BCUT2D eigenvalue weighted by Gasteiger charge is 2.05. The SMILES string of the molecule is N[C@@H](CCCCCC(=O)OCc1ccccc1)C(=O)[O-]. The van der Waals surface area contributed by atoms with Gasteiger partial charge in [-0.3, -0.25) is 4.79 Å². The summed E-state index contributed by atoms with van der Waals surface area (Å²) in [6.45, 7) is 0.287. The van der Waals surface area contributed by atoms with Gasteiger partial charge in [0.15, 0.2) is 0 Å². The molecule has 1 atom stereocenters. The third kappa shape index (κ3) is 6.89. The van der Waals surface area contributed by atoms with Crippen molar-refractivity contribution in [1.29, 1.82) is 0 Å². The minimum Gasteiger partial charge on any atom is -0.548 e. The summed E-state index contributed by atoms with van der Waals surface area (Å²) < 4.78 is 5.13. The van der Waals surface area contributed by atoms with Crippen LogP contribution in [0.5, 0.6) is 0 Å². The summed E-state index contributed by atoms with van der Waals surface area (Å²) in [6, 6.07) is 8.57. The number of ether oxygens (including phenoxy) is 1. The number of nitrogens with two attached hydrogens (primary N) is 1. The normalized spacial score (nSPS) is 11.8. The molecule has 20 heavy (non-hydrogen) atoms. The highest BCUT2D eigenvalue weighted by atomic mass is 16.5. The molecular weight excluding hydrogens is 258 g/mol. The van der Waals surface area contributed by atoms with E-state index in [1.165, 1.54) is 0 Å². The second-order valence-corrected chi connectivity index (χ2v) is 4.67. The van der Waals surface area contributed by atoms with Gasteiger partial charge < -0.3 is 20.4 Å². The topological polar surface area (TPSA) is 92.5 Å². The van der Waals surface area contributed by atoms with Gasteiger partial charge in [-0.25, -0.2) is 0 Å². The molecule has 0 aliphatic rings. The van der Waals surface area contributed by atoms with E-state index in [9.17, 15) is 14.7 Å². The first-order chi connectivity index (χ1) is 9.59. The van der Waals surface area contributed by atoms with Gasteiger partial charge in [0.1, 0.15) is 6.61 Å².